The van der Waals surface area contributed by atoms with Gasteiger partial charge in [0, 0.05) is 42.8 Å². The second-order valence-electron chi connectivity index (χ2n) is 9.39. The van der Waals surface area contributed by atoms with E-state index in [4.69, 9.17) is 11.6 Å². The Balaban J connectivity index is 1.44. The summed E-state index contributed by atoms with van der Waals surface area (Å²) >= 11 is 6.18. The van der Waals surface area contributed by atoms with Crippen LogP contribution in [0.1, 0.15) is 39.2 Å². The predicted molar refractivity (Wildman–Crippen MR) is 111 cm³/mol. The zero-order chi connectivity index (χ0) is 20.3. The number of imide groups is 1. The summed E-state index contributed by atoms with van der Waals surface area (Å²) < 4.78 is 0. The van der Waals surface area contributed by atoms with Crippen molar-refractivity contribution in [3.8, 4) is 0 Å². The summed E-state index contributed by atoms with van der Waals surface area (Å²) in [5, 5.41) is 0.749. The lowest BCUT2D eigenvalue weighted by Crippen LogP contribution is -2.62. The number of hydrogen-bond donors (Lipinski definition) is 0. The summed E-state index contributed by atoms with van der Waals surface area (Å²) in [7, 11) is 0. The highest BCUT2D eigenvalue weighted by molar-refractivity contribution is 6.30. The van der Waals surface area contributed by atoms with Crippen molar-refractivity contribution < 1.29 is 9.59 Å². The number of benzene rings is 1. The summed E-state index contributed by atoms with van der Waals surface area (Å²) in [5.74, 6) is 0.00746. The van der Waals surface area contributed by atoms with E-state index < -0.39 is 5.41 Å². The predicted octanol–water partition coefficient (Wildman–Crippen LogP) is 3.54. The van der Waals surface area contributed by atoms with E-state index in [9.17, 15) is 9.59 Å². The highest BCUT2D eigenvalue weighted by atomic mass is 35.5. The van der Waals surface area contributed by atoms with Crippen LogP contribution in [-0.4, -0.2) is 54.5 Å². The van der Waals surface area contributed by atoms with Crippen molar-refractivity contribution in [2.45, 2.75) is 40.5 Å². The molecule has 6 heteroatoms. The Bertz CT molecular complexity index is 816. The Morgan fingerprint density at radius 2 is 1.79 bits per heavy atom. The molecular weight excluding hydrogens is 374 g/mol. The van der Waals surface area contributed by atoms with Gasteiger partial charge in [0.15, 0.2) is 0 Å². The summed E-state index contributed by atoms with van der Waals surface area (Å²) in [6, 6.07) is 5.98. The fourth-order valence-corrected chi connectivity index (χ4v) is 5.46. The van der Waals surface area contributed by atoms with E-state index in [1.807, 2.05) is 18.2 Å². The molecule has 0 unspecified atom stereocenters. The van der Waals surface area contributed by atoms with Crippen LogP contribution in [0, 0.1) is 23.7 Å². The van der Waals surface area contributed by atoms with Crippen LogP contribution in [-0.2, 0) is 9.59 Å². The number of likely N-dealkylation sites (tertiary alicyclic amines) is 1. The number of fused-ring (bicyclic) bond motifs is 2. The highest BCUT2D eigenvalue weighted by Gasteiger charge is 2.64. The average Bonchev–Trinajstić information content (AvgIpc) is 2.85. The minimum Gasteiger partial charge on any atom is -0.369 e. The fraction of sp³-hybridized carbons (Fsp3) is 0.636. The number of amides is 2. The van der Waals surface area contributed by atoms with Gasteiger partial charge in [-0.1, -0.05) is 38.4 Å². The Morgan fingerprint density at radius 1 is 1.11 bits per heavy atom. The first-order valence-electron chi connectivity index (χ1n) is 10.2. The van der Waals surface area contributed by atoms with Gasteiger partial charge in [0.25, 0.3) is 0 Å². The van der Waals surface area contributed by atoms with E-state index in [0.717, 1.165) is 44.0 Å². The minimum atomic E-state index is -0.425. The number of piperidine rings is 1. The van der Waals surface area contributed by atoms with Gasteiger partial charge >= 0.3 is 0 Å². The Labute approximate surface area is 172 Å². The maximum Gasteiger partial charge on any atom is 0.236 e. The number of piperazine rings is 1. The molecule has 0 aromatic heterocycles. The third-order valence-electron chi connectivity index (χ3n) is 7.73. The second kappa shape index (κ2) is 6.74. The number of nitrogens with zero attached hydrogens (tertiary/aromatic N) is 3. The lowest BCUT2D eigenvalue weighted by atomic mass is 9.62. The monoisotopic (exact) mass is 403 g/mol. The lowest BCUT2D eigenvalue weighted by molar-refractivity contribution is -0.170. The molecule has 152 valence electrons. The Morgan fingerprint density at radius 3 is 2.46 bits per heavy atom. The van der Waals surface area contributed by atoms with Crippen molar-refractivity contribution in [1.82, 2.24) is 9.80 Å². The van der Waals surface area contributed by atoms with Gasteiger partial charge in [-0.3, -0.25) is 19.4 Å². The number of halogens is 1. The first-order chi connectivity index (χ1) is 13.1. The van der Waals surface area contributed by atoms with Crippen molar-refractivity contribution in [3.63, 3.8) is 0 Å². The molecular formula is C22H30ClN3O2. The molecule has 4 rings (SSSR count). The molecule has 1 aromatic rings. The van der Waals surface area contributed by atoms with Crippen LogP contribution in [0.4, 0.5) is 5.69 Å². The van der Waals surface area contributed by atoms with E-state index in [-0.39, 0.29) is 23.1 Å². The SMILES string of the molecule is Cc1ccc(Cl)cc1N1CCN(CN2C(=O)[C@@H]3CC[C@@](C)(C2=O)C3(C)C)CC1. The van der Waals surface area contributed by atoms with E-state index in [1.165, 1.54) is 11.3 Å². The van der Waals surface area contributed by atoms with Crippen LogP contribution in [0.15, 0.2) is 18.2 Å². The molecule has 2 amide bonds. The molecule has 3 aliphatic rings. The van der Waals surface area contributed by atoms with Crippen LogP contribution in [0.3, 0.4) is 0 Å². The van der Waals surface area contributed by atoms with E-state index in [1.54, 1.807) is 4.90 Å². The molecule has 1 aromatic carbocycles. The molecule has 2 aliphatic heterocycles. The molecule has 1 aliphatic carbocycles. The van der Waals surface area contributed by atoms with Crippen molar-refractivity contribution in [3.05, 3.63) is 28.8 Å². The number of carbonyl (C=O) groups excluding carboxylic acids is 2. The normalized spacial score (nSPS) is 30.2. The van der Waals surface area contributed by atoms with Crippen LogP contribution < -0.4 is 4.90 Å². The third kappa shape index (κ3) is 2.86. The molecule has 0 N–H and O–H groups in total. The summed E-state index contributed by atoms with van der Waals surface area (Å²) in [5.41, 5.74) is 1.71. The third-order valence-corrected chi connectivity index (χ3v) is 7.97. The smallest absolute Gasteiger partial charge is 0.236 e. The van der Waals surface area contributed by atoms with Gasteiger partial charge in [-0.25, -0.2) is 0 Å². The van der Waals surface area contributed by atoms with E-state index >= 15 is 0 Å². The second-order valence-corrected chi connectivity index (χ2v) is 9.83. The van der Waals surface area contributed by atoms with Crippen LogP contribution in [0.5, 0.6) is 0 Å². The van der Waals surface area contributed by atoms with Gasteiger partial charge in [-0.15, -0.1) is 0 Å². The van der Waals surface area contributed by atoms with Gasteiger partial charge in [0.2, 0.25) is 11.8 Å². The zero-order valence-electron chi connectivity index (χ0n) is 17.3. The molecule has 5 nitrogen and oxygen atoms in total. The summed E-state index contributed by atoms with van der Waals surface area (Å²) in [4.78, 5) is 32.4. The first kappa shape index (κ1) is 19.7. The maximum atomic E-state index is 13.2. The standard InChI is InChI=1S/C22H30ClN3O2/c1-15-5-6-16(23)13-18(15)25-11-9-24(10-12-25)14-26-19(27)17-7-8-22(4,20(26)28)21(17,2)3/h5-6,13,17H,7-12,14H2,1-4H3/t17-,22-/m0/s1. The maximum absolute atomic E-state index is 13.2. The van der Waals surface area contributed by atoms with Crippen molar-refractivity contribution in [2.75, 3.05) is 37.7 Å². The van der Waals surface area contributed by atoms with E-state index in [0.29, 0.717) is 6.67 Å². The average molecular weight is 404 g/mol. The molecule has 2 atom stereocenters. The number of carbonyl (C=O) groups is 2. The van der Waals surface area contributed by atoms with Crippen molar-refractivity contribution in [1.29, 1.82) is 0 Å². The molecule has 2 bridgehead atoms. The lowest BCUT2D eigenvalue weighted by Gasteiger charge is -2.49. The first-order valence-corrected chi connectivity index (χ1v) is 10.6. The van der Waals surface area contributed by atoms with Gasteiger partial charge in [0.05, 0.1) is 12.1 Å². The van der Waals surface area contributed by atoms with Gasteiger partial charge in [-0.2, -0.15) is 0 Å². The number of rotatable bonds is 3. The van der Waals surface area contributed by atoms with Gasteiger partial charge < -0.3 is 4.90 Å². The molecule has 3 fully saturated rings. The summed E-state index contributed by atoms with van der Waals surface area (Å²) in [6.45, 7) is 12.1. The molecule has 2 heterocycles. The minimum absolute atomic E-state index is 0.0179. The number of aryl methyl sites for hydroxylation is 1. The quantitative estimate of drug-likeness (QED) is 0.724. The largest absolute Gasteiger partial charge is 0.369 e. The topological polar surface area (TPSA) is 43.9 Å². The Hall–Kier alpha value is -1.59. The molecule has 28 heavy (non-hydrogen) atoms. The number of hydrogen-bond acceptors (Lipinski definition) is 4. The van der Waals surface area contributed by atoms with E-state index in [2.05, 4.69) is 37.5 Å². The Kier molecular flexibility index (Phi) is 4.74. The summed E-state index contributed by atoms with van der Waals surface area (Å²) in [6.07, 6.45) is 1.64. The van der Waals surface area contributed by atoms with Gasteiger partial charge in [0.1, 0.15) is 0 Å². The fourth-order valence-electron chi connectivity index (χ4n) is 5.29. The molecule has 0 radical (unpaired) electrons. The molecule has 1 saturated carbocycles. The number of anilines is 1. The van der Waals surface area contributed by atoms with Crippen LogP contribution in [0.2, 0.25) is 5.02 Å². The zero-order valence-corrected chi connectivity index (χ0v) is 18.1. The highest BCUT2D eigenvalue weighted by Crippen LogP contribution is 2.60. The molecule has 2 saturated heterocycles. The van der Waals surface area contributed by atoms with Crippen molar-refractivity contribution in [2.24, 2.45) is 16.7 Å². The van der Waals surface area contributed by atoms with Crippen LogP contribution in [0.25, 0.3) is 0 Å². The van der Waals surface area contributed by atoms with Gasteiger partial charge in [-0.05, 0) is 42.9 Å². The van der Waals surface area contributed by atoms with Crippen LogP contribution >= 0.6 is 11.6 Å². The van der Waals surface area contributed by atoms with Crippen molar-refractivity contribution >= 4 is 29.1 Å². The molecule has 0 spiro atoms.